The topological polar surface area (TPSA) is 37.8 Å². The van der Waals surface area contributed by atoms with Gasteiger partial charge in [0.1, 0.15) is 0 Å². The van der Waals surface area contributed by atoms with Crippen molar-refractivity contribution in [2.45, 2.75) is 53.0 Å². The van der Waals surface area contributed by atoms with E-state index in [0.717, 1.165) is 43.1 Å². The fourth-order valence-corrected chi connectivity index (χ4v) is 3.82. The van der Waals surface area contributed by atoms with Gasteiger partial charge in [0, 0.05) is 23.2 Å². The van der Waals surface area contributed by atoms with Gasteiger partial charge in [-0.15, -0.1) is 22.7 Å². The lowest BCUT2D eigenvalue weighted by atomic mass is 10.2. The largest absolute Gasteiger partial charge is 0.312 e. The highest BCUT2D eigenvalue weighted by Crippen LogP contribution is 2.23. The second kappa shape index (κ2) is 7.86. The van der Waals surface area contributed by atoms with Crippen LogP contribution in [-0.4, -0.2) is 16.5 Å². The third-order valence-electron chi connectivity index (χ3n) is 3.02. The molecule has 0 aliphatic rings. The normalized spacial score (nSPS) is 11.2. The van der Waals surface area contributed by atoms with Crippen LogP contribution in [0.3, 0.4) is 0 Å². The molecule has 0 amide bonds. The number of nitrogens with zero attached hydrogens (tertiary/aromatic N) is 2. The van der Waals surface area contributed by atoms with Crippen molar-refractivity contribution in [1.29, 1.82) is 0 Å². The van der Waals surface area contributed by atoms with E-state index in [-0.39, 0.29) is 0 Å². The molecule has 0 bridgehead atoms. The second-order valence-corrected chi connectivity index (χ2v) is 7.17. The van der Waals surface area contributed by atoms with Crippen LogP contribution in [0, 0.1) is 6.92 Å². The first kappa shape index (κ1) is 15.6. The maximum atomic E-state index is 4.83. The first-order valence-corrected chi connectivity index (χ1v) is 9.01. The van der Waals surface area contributed by atoms with E-state index in [2.05, 4.69) is 36.5 Å². The molecule has 2 rings (SSSR count). The summed E-state index contributed by atoms with van der Waals surface area (Å²) in [5.74, 6) is 0. The Hall–Kier alpha value is -0.780. The summed E-state index contributed by atoms with van der Waals surface area (Å²) in [6.07, 6.45) is 4.28. The fourth-order valence-electron chi connectivity index (χ4n) is 2.11. The number of aryl methyl sites for hydroxylation is 2. The van der Waals surface area contributed by atoms with E-state index in [9.17, 15) is 0 Å². The van der Waals surface area contributed by atoms with E-state index in [4.69, 9.17) is 4.98 Å². The van der Waals surface area contributed by atoms with Gasteiger partial charge < -0.3 is 5.32 Å². The first-order valence-electron chi connectivity index (χ1n) is 7.32. The van der Waals surface area contributed by atoms with Gasteiger partial charge in [-0.05, 0) is 26.3 Å². The molecule has 0 atom stereocenters. The van der Waals surface area contributed by atoms with Crippen molar-refractivity contribution in [3.05, 3.63) is 31.7 Å². The molecule has 2 heterocycles. The Balaban J connectivity index is 2.07. The molecule has 0 fully saturated rings. The van der Waals surface area contributed by atoms with Crippen LogP contribution < -0.4 is 5.32 Å². The summed E-state index contributed by atoms with van der Waals surface area (Å²) < 4.78 is 0. The zero-order valence-electron chi connectivity index (χ0n) is 12.5. The summed E-state index contributed by atoms with van der Waals surface area (Å²) in [5.41, 5.74) is 2.43. The first-order chi connectivity index (χ1) is 9.72. The maximum Gasteiger partial charge on any atom is 0.0991 e. The van der Waals surface area contributed by atoms with Gasteiger partial charge in [-0.25, -0.2) is 9.97 Å². The van der Waals surface area contributed by atoms with Gasteiger partial charge in [0.25, 0.3) is 0 Å². The Labute approximate surface area is 129 Å². The second-order valence-electron chi connectivity index (χ2n) is 4.94. The van der Waals surface area contributed by atoms with Crippen LogP contribution in [-0.2, 0) is 19.4 Å². The van der Waals surface area contributed by atoms with Crippen LogP contribution in [0.15, 0.2) is 5.38 Å². The zero-order chi connectivity index (χ0) is 14.4. The molecule has 20 heavy (non-hydrogen) atoms. The Morgan fingerprint density at radius 1 is 1.20 bits per heavy atom. The summed E-state index contributed by atoms with van der Waals surface area (Å²) in [4.78, 5) is 10.8. The van der Waals surface area contributed by atoms with Crippen molar-refractivity contribution >= 4 is 22.7 Å². The number of aromatic nitrogens is 2. The Bertz CT molecular complexity index is 531. The fraction of sp³-hybridized carbons (Fsp3) is 0.600. The lowest BCUT2D eigenvalue weighted by molar-refractivity contribution is 0.674. The average molecular weight is 310 g/mol. The van der Waals surface area contributed by atoms with Gasteiger partial charge in [0.15, 0.2) is 0 Å². The number of rotatable bonds is 8. The summed E-state index contributed by atoms with van der Waals surface area (Å²) in [6.45, 7) is 8.49. The highest BCUT2D eigenvalue weighted by molar-refractivity contribution is 7.11. The Morgan fingerprint density at radius 3 is 2.70 bits per heavy atom. The van der Waals surface area contributed by atoms with E-state index in [1.807, 2.05) is 11.3 Å². The van der Waals surface area contributed by atoms with Crippen molar-refractivity contribution < 1.29 is 0 Å². The van der Waals surface area contributed by atoms with E-state index in [1.54, 1.807) is 11.3 Å². The molecule has 0 aliphatic carbocycles. The van der Waals surface area contributed by atoms with Crippen LogP contribution in [0.1, 0.15) is 53.0 Å². The van der Waals surface area contributed by atoms with E-state index < -0.39 is 0 Å². The van der Waals surface area contributed by atoms with Crippen molar-refractivity contribution in [2.75, 3.05) is 6.54 Å². The van der Waals surface area contributed by atoms with Crippen LogP contribution in [0.4, 0.5) is 0 Å². The van der Waals surface area contributed by atoms with Crippen LogP contribution in [0.25, 0.3) is 0 Å². The third-order valence-corrected chi connectivity index (χ3v) is 4.94. The van der Waals surface area contributed by atoms with Gasteiger partial charge in [0.05, 0.1) is 21.4 Å². The minimum atomic E-state index is 0.875. The van der Waals surface area contributed by atoms with Crippen molar-refractivity contribution in [3.8, 4) is 0 Å². The molecule has 2 aromatic heterocycles. The summed E-state index contributed by atoms with van der Waals surface area (Å²) >= 11 is 3.56. The van der Waals surface area contributed by atoms with E-state index in [0.29, 0.717) is 0 Å². The highest BCUT2D eigenvalue weighted by atomic mass is 32.1. The van der Waals surface area contributed by atoms with Crippen molar-refractivity contribution in [2.24, 2.45) is 0 Å². The molecule has 0 aliphatic heterocycles. The highest BCUT2D eigenvalue weighted by Gasteiger charge is 2.11. The lowest BCUT2D eigenvalue weighted by Crippen LogP contribution is -2.13. The molecule has 0 radical (unpaired) electrons. The molecular weight excluding hydrogens is 286 g/mol. The molecule has 1 N–H and O–H groups in total. The van der Waals surface area contributed by atoms with Gasteiger partial charge in [-0.3, -0.25) is 0 Å². The standard InChI is InChI=1S/C15H23N3S2/c1-4-6-13-14(9-16-7-5-2)20-15(18-13)8-12-10-19-11(3)17-12/h10,16H,4-9H2,1-3H3. The molecule has 0 spiro atoms. The van der Waals surface area contributed by atoms with E-state index >= 15 is 0 Å². The molecule has 0 saturated carbocycles. The summed E-state index contributed by atoms with van der Waals surface area (Å²) in [6, 6.07) is 0. The molecule has 0 saturated heterocycles. The van der Waals surface area contributed by atoms with Crippen LogP contribution in [0.2, 0.25) is 0 Å². The molecule has 5 heteroatoms. The summed E-state index contributed by atoms with van der Waals surface area (Å²) in [5, 5.41) is 7.97. The van der Waals surface area contributed by atoms with Gasteiger partial charge in [-0.1, -0.05) is 20.3 Å². The smallest absolute Gasteiger partial charge is 0.0991 e. The van der Waals surface area contributed by atoms with Gasteiger partial charge in [-0.2, -0.15) is 0 Å². The van der Waals surface area contributed by atoms with Gasteiger partial charge in [0.2, 0.25) is 0 Å². The lowest BCUT2D eigenvalue weighted by Gasteiger charge is -2.02. The molecule has 2 aromatic rings. The Kier molecular flexibility index (Phi) is 6.13. The minimum absolute atomic E-state index is 0.875. The monoisotopic (exact) mass is 309 g/mol. The van der Waals surface area contributed by atoms with Crippen LogP contribution in [0.5, 0.6) is 0 Å². The van der Waals surface area contributed by atoms with Crippen LogP contribution >= 0.6 is 22.7 Å². The molecule has 0 aromatic carbocycles. The number of nitrogens with one attached hydrogen (secondary N) is 1. The SMILES string of the molecule is CCCNCc1sc(Cc2csc(C)n2)nc1CCC. The maximum absolute atomic E-state index is 4.83. The zero-order valence-corrected chi connectivity index (χ0v) is 14.2. The molecular formula is C15H23N3S2. The molecule has 3 nitrogen and oxygen atoms in total. The quantitative estimate of drug-likeness (QED) is 0.750. The number of hydrogen-bond donors (Lipinski definition) is 1. The summed E-state index contributed by atoms with van der Waals surface area (Å²) in [7, 11) is 0. The van der Waals surface area contributed by atoms with Gasteiger partial charge >= 0.3 is 0 Å². The van der Waals surface area contributed by atoms with E-state index in [1.165, 1.54) is 22.0 Å². The number of hydrogen-bond acceptors (Lipinski definition) is 5. The molecule has 0 unspecified atom stereocenters. The predicted molar refractivity (Wildman–Crippen MR) is 87.8 cm³/mol. The minimum Gasteiger partial charge on any atom is -0.312 e. The number of thiazole rings is 2. The van der Waals surface area contributed by atoms with Crippen molar-refractivity contribution in [1.82, 2.24) is 15.3 Å². The predicted octanol–water partition coefficient (Wildman–Crippen LogP) is 3.95. The molecule has 110 valence electrons. The average Bonchev–Trinajstić information content (AvgIpc) is 2.98. The van der Waals surface area contributed by atoms with Crippen molar-refractivity contribution in [3.63, 3.8) is 0 Å². The third kappa shape index (κ3) is 4.36. The Morgan fingerprint density at radius 2 is 2.05 bits per heavy atom.